The minimum absolute atomic E-state index is 0.0292. The molecule has 0 aromatic heterocycles. The third-order valence-electron chi connectivity index (χ3n) is 5.40. The summed E-state index contributed by atoms with van der Waals surface area (Å²) in [6, 6.07) is 9.98. The van der Waals surface area contributed by atoms with E-state index in [0.717, 1.165) is 34.3 Å². The Bertz CT molecular complexity index is 1160. The Labute approximate surface area is 214 Å². The number of benzene rings is 2. The number of sulfonamides is 1. The van der Waals surface area contributed by atoms with Gasteiger partial charge in [0.25, 0.3) is 0 Å². The van der Waals surface area contributed by atoms with Gasteiger partial charge in [0.2, 0.25) is 21.8 Å². The van der Waals surface area contributed by atoms with Gasteiger partial charge in [-0.2, -0.15) is 13.2 Å². The Kier molecular flexibility index (Phi) is 10.2. The van der Waals surface area contributed by atoms with E-state index in [2.05, 4.69) is 5.32 Å². The number of likely N-dealkylation sites (N-methyl/N-ethyl adjacent to an activating group) is 1. The first-order valence-corrected chi connectivity index (χ1v) is 13.4. The zero-order valence-corrected chi connectivity index (χ0v) is 21.8. The molecule has 1 N–H and O–H groups in total. The molecule has 1 atom stereocenters. The minimum Gasteiger partial charge on any atom is -0.355 e. The highest BCUT2D eigenvalue weighted by Crippen LogP contribution is 2.32. The van der Waals surface area contributed by atoms with Gasteiger partial charge in [-0.15, -0.1) is 0 Å². The quantitative estimate of drug-likeness (QED) is 0.450. The molecule has 0 saturated heterocycles. The van der Waals surface area contributed by atoms with Gasteiger partial charge in [0.1, 0.15) is 6.04 Å². The number of hydrogen-bond acceptors (Lipinski definition) is 4. The van der Waals surface area contributed by atoms with Crippen LogP contribution >= 0.6 is 11.6 Å². The Morgan fingerprint density at radius 2 is 1.75 bits per heavy atom. The number of nitrogens with one attached hydrogen (secondary N) is 1. The molecule has 2 amide bonds. The molecule has 0 heterocycles. The molecule has 0 saturated carbocycles. The molecule has 198 valence electrons. The van der Waals surface area contributed by atoms with Gasteiger partial charge in [-0.05, 0) is 56.2 Å². The third kappa shape index (κ3) is 8.41. The van der Waals surface area contributed by atoms with Crippen molar-refractivity contribution in [3.05, 3.63) is 64.7 Å². The summed E-state index contributed by atoms with van der Waals surface area (Å²) >= 11 is 5.92. The standard InChI is InChI=1S/C24H29ClF3N3O4S/c1-4-29-23(33)17(2)30(16-18-10-12-20(25)13-11-18)22(32)9-6-14-31(36(3,34)35)21-8-5-7-19(15-21)24(26,27)28/h5,7-8,10-13,15,17H,4,6,9,14,16H2,1-3H3,(H,29,33)/t17-/m0/s1. The van der Waals surface area contributed by atoms with Gasteiger partial charge < -0.3 is 10.2 Å². The second kappa shape index (κ2) is 12.4. The van der Waals surface area contributed by atoms with Gasteiger partial charge in [0.15, 0.2) is 0 Å². The second-order valence-electron chi connectivity index (χ2n) is 8.21. The zero-order chi connectivity index (χ0) is 27.1. The van der Waals surface area contributed by atoms with Crippen LogP contribution in [0.5, 0.6) is 0 Å². The molecule has 0 fully saturated rings. The van der Waals surface area contributed by atoms with E-state index in [-0.39, 0.29) is 37.5 Å². The Balaban J connectivity index is 2.19. The summed E-state index contributed by atoms with van der Waals surface area (Å²) in [6.45, 7) is 3.63. The molecule has 0 aliphatic heterocycles. The van der Waals surface area contributed by atoms with Crippen LogP contribution in [-0.2, 0) is 32.3 Å². The molecule has 0 spiro atoms. The average Bonchev–Trinajstić information content (AvgIpc) is 2.79. The van der Waals surface area contributed by atoms with Crippen LogP contribution in [0, 0.1) is 0 Å². The molecule has 2 rings (SSSR count). The summed E-state index contributed by atoms with van der Waals surface area (Å²) < 4.78 is 64.8. The van der Waals surface area contributed by atoms with E-state index in [1.807, 2.05) is 0 Å². The van der Waals surface area contributed by atoms with E-state index in [1.165, 1.54) is 11.0 Å². The fourth-order valence-corrected chi connectivity index (χ4v) is 4.62. The fourth-order valence-electron chi connectivity index (χ4n) is 3.53. The summed E-state index contributed by atoms with van der Waals surface area (Å²) in [5.74, 6) is -0.747. The monoisotopic (exact) mass is 547 g/mol. The van der Waals surface area contributed by atoms with E-state index in [9.17, 15) is 31.2 Å². The molecule has 0 radical (unpaired) electrons. The number of rotatable bonds is 11. The summed E-state index contributed by atoms with van der Waals surface area (Å²) in [5.41, 5.74) is -0.381. The fraction of sp³-hybridized carbons (Fsp3) is 0.417. The Morgan fingerprint density at radius 3 is 2.31 bits per heavy atom. The van der Waals surface area contributed by atoms with Crippen LogP contribution in [0.1, 0.15) is 37.8 Å². The largest absolute Gasteiger partial charge is 0.416 e. The summed E-state index contributed by atoms with van der Waals surface area (Å²) in [4.78, 5) is 26.9. The number of carbonyl (C=O) groups excluding carboxylic acids is 2. The van der Waals surface area contributed by atoms with Crippen molar-refractivity contribution in [3.63, 3.8) is 0 Å². The van der Waals surface area contributed by atoms with Crippen molar-refractivity contribution < 1.29 is 31.2 Å². The van der Waals surface area contributed by atoms with E-state index in [1.54, 1.807) is 38.1 Å². The van der Waals surface area contributed by atoms with E-state index < -0.39 is 33.7 Å². The highest BCUT2D eigenvalue weighted by atomic mass is 35.5. The molecular formula is C24H29ClF3N3O4S. The topological polar surface area (TPSA) is 86.8 Å². The predicted molar refractivity (Wildman–Crippen MR) is 133 cm³/mol. The number of hydrogen-bond donors (Lipinski definition) is 1. The normalized spacial score (nSPS) is 12.6. The van der Waals surface area contributed by atoms with E-state index >= 15 is 0 Å². The summed E-state index contributed by atoms with van der Waals surface area (Å²) in [5, 5.41) is 3.19. The van der Waals surface area contributed by atoms with Crippen LogP contribution in [-0.4, -0.2) is 50.5 Å². The van der Waals surface area contributed by atoms with Crippen LogP contribution < -0.4 is 9.62 Å². The molecule has 7 nitrogen and oxygen atoms in total. The highest BCUT2D eigenvalue weighted by molar-refractivity contribution is 7.92. The highest BCUT2D eigenvalue weighted by Gasteiger charge is 2.32. The van der Waals surface area contributed by atoms with Crippen molar-refractivity contribution in [2.75, 3.05) is 23.7 Å². The maximum atomic E-state index is 13.1. The van der Waals surface area contributed by atoms with Crippen molar-refractivity contribution in [2.45, 2.75) is 45.5 Å². The van der Waals surface area contributed by atoms with Crippen molar-refractivity contribution in [3.8, 4) is 0 Å². The van der Waals surface area contributed by atoms with Crippen molar-refractivity contribution in [1.82, 2.24) is 10.2 Å². The number of amides is 2. The summed E-state index contributed by atoms with van der Waals surface area (Å²) in [6.07, 6.45) is -3.84. The molecule has 0 aliphatic rings. The number of carbonyl (C=O) groups is 2. The van der Waals surface area contributed by atoms with Crippen LogP contribution in [0.25, 0.3) is 0 Å². The molecular weight excluding hydrogens is 519 g/mol. The molecule has 36 heavy (non-hydrogen) atoms. The molecule has 0 unspecified atom stereocenters. The first-order chi connectivity index (χ1) is 16.7. The van der Waals surface area contributed by atoms with Crippen molar-refractivity contribution in [2.24, 2.45) is 0 Å². The van der Waals surface area contributed by atoms with Crippen LogP contribution in [0.2, 0.25) is 5.02 Å². The van der Waals surface area contributed by atoms with Gasteiger partial charge in [-0.25, -0.2) is 8.42 Å². The predicted octanol–water partition coefficient (Wildman–Crippen LogP) is 4.46. The van der Waals surface area contributed by atoms with Crippen molar-refractivity contribution >= 4 is 39.1 Å². The van der Waals surface area contributed by atoms with Gasteiger partial charge in [-0.1, -0.05) is 29.8 Å². The number of anilines is 1. The second-order valence-corrected chi connectivity index (χ2v) is 10.5. The molecule has 12 heteroatoms. The van der Waals surface area contributed by atoms with Gasteiger partial charge in [0.05, 0.1) is 17.5 Å². The third-order valence-corrected chi connectivity index (χ3v) is 6.84. The lowest BCUT2D eigenvalue weighted by Crippen LogP contribution is -2.47. The Morgan fingerprint density at radius 1 is 1.11 bits per heavy atom. The zero-order valence-electron chi connectivity index (χ0n) is 20.2. The van der Waals surface area contributed by atoms with E-state index in [4.69, 9.17) is 11.6 Å². The number of halogens is 4. The Hall–Kier alpha value is -2.79. The van der Waals surface area contributed by atoms with Gasteiger partial charge in [-0.3, -0.25) is 13.9 Å². The minimum atomic E-state index is -4.63. The first-order valence-electron chi connectivity index (χ1n) is 11.2. The number of alkyl halides is 3. The molecule has 2 aromatic carbocycles. The smallest absolute Gasteiger partial charge is 0.355 e. The SMILES string of the molecule is CCNC(=O)[C@H](C)N(Cc1ccc(Cl)cc1)C(=O)CCCN(c1cccc(C(F)(F)F)c1)S(C)(=O)=O. The maximum Gasteiger partial charge on any atom is 0.416 e. The lowest BCUT2D eigenvalue weighted by Gasteiger charge is -2.29. The molecule has 0 bridgehead atoms. The lowest BCUT2D eigenvalue weighted by molar-refractivity contribution is -0.140. The lowest BCUT2D eigenvalue weighted by atomic mass is 10.1. The van der Waals surface area contributed by atoms with Crippen LogP contribution in [0.3, 0.4) is 0 Å². The van der Waals surface area contributed by atoms with Crippen LogP contribution in [0.15, 0.2) is 48.5 Å². The van der Waals surface area contributed by atoms with Crippen LogP contribution in [0.4, 0.5) is 18.9 Å². The molecule has 0 aliphatic carbocycles. The first kappa shape index (κ1) is 29.4. The number of nitrogens with zero attached hydrogens (tertiary/aromatic N) is 2. The summed E-state index contributed by atoms with van der Waals surface area (Å²) in [7, 11) is -3.92. The van der Waals surface area contributed by atoms with Gasteiger partial charge >= 0.3 is 6.18 Å². The molecule has 2 aromatic rings. The van der Waals surface area contributed by atoms with Gasteiger partial charge in [0, 0.05) is 31.1 Å². The average molecular weight is 548 g/mol. The van der Waals surface area contributed by atoms with E-state index in [0.29, 0.717) is 11.6 Å². The van der Waals surface area contributed by atoms with Crippen molar-refractivity contribution in [1.29, 1.82) is 0 Å². The maximum absolute atomic E-state index is 13.1.